The van der Waals surface area contributed by atoms with Crippen LogP contribution in [0.4, 0.5) is 30.2 Å². The molecule has 39 heavy (non-hydrogen) atoms. The Morgan fingerprint density at radius 3 is 2.67 bits per heavy atom. The molecular weight excluding hydrogens is 511 g/mol. The maximum Gasteiger partial charge on any atom is 0.418 e. The number of benzene rings is 1. The maximum absolute atomic E-state index is 13.4. The van der Waals surface area contributed by atoms with Crippen molar-refractivity contribution in [1.82, 2.24) is 15.3 Å². The van der Waals surface area contributed by atoms with Crippen LogP contribution in [-0.4, -0.2) is 41.1 Å². The van der Waals surface area contributed by atoms with Gasteiger partial charge >= 0.3 is 6.18 Å². The lowest BCUT2D eigenvalue weighted by molar-refractivity contribution is -0.137. The number of anilines is 2. The van der Waals surface area contributed by atoms with Crippen LogP contribution < -0.4 is 10.6 Å². The lowest BCUT2D eigenvalue weighted by Gasteiger charge is -2.25. The molecular formula is C28H26F3N5O3. The van der Waals surface area contributed by atoms with Crippen molar-refractivity contribution in [2.45, 2.75) is 38.9 Å². The topological polar surface area (TPSA) is 106 Å². The van der Waals surface area contributed by atoms with Crippen LogP contribution in [-0.2, 0) is 28.7 Å². The third-order valence-corrected chi connectivity index (χ3v) is 6.88. The van der Waals surface area contributed by atoms with Crippen LogP contribution in [0.25, 0.3) is 0 Å². The fraction of sp³-hybridized carbons (Fsp3) is 0.321. The fourth-order valence-electron chi connectivity index (χ4n) is 4.67. The van der Waals surface area contributed by atoms with E-state index in [1.165, 1.54) is 18.5 Å². The number of hydrogen-bond acceptors (Lipinski definition) is 7. The van der Waals surface area contributed by atoms with Gasteiger partial charge in [0.2, 0.25) is 5.91 Å². The molecule has 0 unspecified atom stereocenters. The molecule has 8 nitrogen and oxygen atoms in total. The van der Waals surface area contributed by atoms with Gasteiger partial charge < -0.3 is 15.4 Å². The molecule has 2 aliphatic rings. The van der Waals surface area contributed by atoms with Gasteiger partial charge in [-0.2, -0.15) is 13.2 Å². The van der Waals surface area contributed by atoms with Crippen molar-refractivity contribution in [2.24, 2.45) is 10.4 Å². The van der Waals surface area contributed by atoms with Gasteiger partial charge in [-0.25, -0.2) is 0 Å². The van der Waals surface area contributed by atoms with Crippen LogP contribution in [0.3, 0.4) is 0 Å². The first-order valence-electron chi connectivity index (χ1n) is 12.4. The van der Waals surface area contributed by atoms with E-state index >= 15 is 0 Å². The van der Waals surface area contributed by atoms with E-state index in [9.17, 15) is 22.8 Å². The summed E-state index contributed by atoms with van der Waals surface area (Å²) >= 11 is 0. The van der Waals surface area contributed by atoms with E-state index in [0.29, 0.717) is 47.6 Å². The predicted octanol–water partition coefficient (Wildman–Crippen LogP) is 5.10. The Morgan fingerprint density at radius 1 is 1.10 bits per heavy atom. The number of aliphatic imine (C=N–C) groups is 1. The molecule has 1 aromatic carbocycles. The second-order valence-electron chi connectivity index (χ2n) is 9.78. The van der Waals surface area contributed by atoms with Crippen LogP contribution in [0.2, 0.25) is 0 Å². The number of pyridine rings is 2. The van der Waals surface area contributed by atoms with E-state index in [4.69, 9.17) is 4.74 Å². The minimum absolute atomic E-state index is 0.0304. The van der Waals surface area contributed by atoms with Gasteiger partial charge in [0.1, 0.15) is 0 Å². The Labute approximate surface area is 222 Å². The molecule has 0 spiro atoms. The van der Waals surface area contributed by atoms with Gasteiger partial charge in [0.05, 0.1) is 58.8 Å². The largest absolute Gasteiger partial charge is 0.418 e. The highest BCUT2D eigenvalue weighted by atomic mass is 19.4. The fourth-order valence-corrected chi connectivity index (χ4v) is 4.67. The zero-order valence-corrected chi connectivity index (χ0v) is 21.1. The average molecular weight is 538 g/mol. The van der Waals surface area contributed by atoms with Gasteiger partial charge in [-0.1, -0.05) is 11.6 Å². The van der Waals surface area contributed by atoms with Gasteiger partial charge in [0, 0.05) is 37.4 Å². The first kappa shape index (κ1) is 26.5. The number of carbonyl (C=O) groups excluding carboxylic acids is 2. The third-order valence-electron chi connectivity index (χ3n) is 6.88. The summed E-state index contributed by atoms with van der Waals surface area (Å²) in [6.45, 7) is 2.17. The highest BCUT2D eigenvalue weighted by Gasteiger charge is 2.44. The molecule has 3 aromatic rings. The number of nitrogens with one attached hydrogen (secondary N) is 2. The van der Waals surface area contributed by atoms with Crippen LogP contribution in [0.1, 0.15) is 45.7 Å². The molecule has 0 radical (unpaired) electrons. The second-order valence-corrected chi connectivity index (χ2v) is 9.78. The van der Waals surface area contributed by atoms with Crippen molar-refractivity contribution in [3.05, 3.63) is 76.9 Å². The molecule has 1 saturated heterocycles. The number of nitrogens with zero attached hydrogens (tertiary/aromatic N) is 3. The second kappa shape index (κ2) is 10.6. The summed E-state index contributed by atoms with van der Waals surface area (Å²) in [6, 6.07) is 8.96. The Morgan fingerprint density at radius 2 is 1.95 bits per heavy atom. The number of aryl methyl sites for hydroxylation is 1. The van der Waals surface area contributed by atoms with Crippen molar-refractivity contribution in [1.29, 1.82) is 0 Å². The number of Topliss-reactive ketones (excluding diaryl/α,β-unsaturated/α-hetero) is 1. The molecule has 202 valence electrons. The van der Waals surface area contributed by atoms with Crippen molar-refractivity contribution < 1.29 is 27.5 Å². The van der Waals surface area contributed by atoms with Gasteiger partial charge in [-0.3, -0.25) is 24.5 Å². The van der Waals surface area contributed by atoms with Crippen molar-refractivity contribution in [3.8, 4) is 0 Å². The number of rotatable bonds is 8. The molecule has 0 bridgehead atoms. The number of halogens is 3. The highest BCUT2D eigenvalue weighted by molar-refractivity contribution is 6.00. The van der Waals surface area contributed by atoms with E-state index in [1.54, 1.807) is 37.4 Å². The Kier molecular flexibility index (Phi) is 7.17. The van der Waals surface area contributed by atoms with Crippen molar-refractivity contribution >= 4 is 35.0 Å². The number of fused-ring (bicyclic) bond motifs is 1. The molecule has 0 aliphatic carbocycles. The summed E-state index contributed by atoms with van der Waals surface area (Å²) in [4.78, 5) is 39.1. The van der Waals surface area contributed by atoms with Crippen LogP contribution in [0.15, 0.2) is 53.8 Å². The Bertz CT molecular complexity index is 1430. The van der Waals surface area contributed by atoms with E-state index in [0.717, 1.165) is 11.8 Å². The SMILES string of the molecule is Cc1ccc(Nc2ccc(CNC(=O)[C@]3(CC(=O)c4cnc5c(c4)N=CC5)CCOC3)nc2)c(C(F)(F)F)c1. The lowest BCUT2D eigenvalue weighted by Crippen LogP contribution is -2.42. The highest BCUT2D eigenvalue weighted by Crippen LogP contribution is 2.37. The molecule has 1 atom stereocenters. The lowest BCUT2D eigenvalue weighted by atomic mass is 9.80. The molecule has 0 saturated carbocycles. The number of ether oxygens (including phenoxy) is 1. The normalized spacial score (nSPS) is 18.2. The molecule has 4 heterocycles. The number of alkyl halides is 3. The Balaban J connectivity index is 1.22. The van der Waals surface area contributed by atoms with Crippen LogP contribution in [0.5, 0.6) is 0 Å². The quantitative estimate of drug-likeness (QED) is 0.388. The van der Waals surface area contributed by atoms with E-state index in [2.05, 4.69) is 25.6 Å². The molecule has 5 rings (SSSR count). The monoisotopic (exact) mass is 537 g/mol. The first-order valence-corrected chi connectivity index (χ1v) is 12.4. The van der Waals surface area contributed by atoms with Crippen LogP contribution >= 0.6 is 0 Å². The molecule has 1 amide bonds. The van der Waals surface area contributed by atoms with Crippen molar-refractivity contribution in [3.63, 3.8) is 0 Å². The van der Waals surface area contributed by atoms with Gasteiger partial charge in [-0.05, 0) is 43.7 Å². The maximum atomic E-state index is 13.4. The number of amides is 1. The van der Waals surface area contributed by atoms with E-state index in [-0.39, 0.29) is 37.0 Å². The molecule has 1 fully saturated rings. The minimum Gasteiger partial charge on any atom is -0.380 e. The average Bonchev–Trinajstić information content (AvgIpc) is 3.58. The summed E-state index contributed by atoms with van der Waals surface area (Å²) in [5.74, 6) is -0.532. The summed E-state index contributed by atoms with van der Waals surface area (Å²) < 4.78 is 45.8. The van der Waals surface area contributed by atoms with Crippen molar-refractivity contribution in [2.75, 3.05) is 18.5 Å². The zero-order chi connectivity index (χ0) is 27.6. The molecule has 11 heteroatoms. The standard InChI is InChI=1S/C28H26F3N5O3/c1-17-2-5-22(21(10-17)28(29,30)31)36-20-4-3-19(33-15-20)14-35-26(38)27(7-9-39-16-27)12-25(37)18-11-24-23(34-13-18)6-8-32-24/h2-5,8,10-11,13,15,36H,6-7,9,12,14,16H2,1H3,(H,35,38)/t27-/m0/s1. The van der Waals surface area contributed by atoms with Crippen LogP contribution in [0, 0.1) is 12.3 Å². The summed E-state index contributed by atoms with van der Waals surface area (Å²) in [7, 11) is 0. The van der Waals surface area contributed by atoms with E-state index in [1.807, 2.05) is 0 Å². The Hall–Kier alpha value is -4.12. The molecule has 2 aromatic heterocycles. The minimum atomic E-state index is -4.50. The molecule has 2 N–H and O–H groups in total. The number of carbonyl (C=O) groups is 2. The summed E-state index contributed by atoms with van der Waals surface area (Å²) in [5, 5.41) is 5.61. The zero-order valence-electron chi connectivity index (χ0n) is 21.1. The molecule has 2 aliphatic heterocycles. The first-order chi connectivity index (χ1) is 18.6. The number of aromatic nitrogens is 2. The third kappa shape index (κ3) is 5.83. The van der Waals surface area contributed by atoms with Gasteiger partial charge in [0.25, 0.3) is 0 Å². The summed E-state index contributed by atoms with van der Waals surface area (Å²) in [5.41, 5.74) is 1.42. The summed E-state index contributed by atoms with van der Waals surface area (Å²) in [6.07, 6.45) is 1.17. The van der Waals surface area contributed by atoms with E-state index < -0.39 is 17.2 Å². The predicted molar refractivity (Wildman–Crippen MR) is 138 cm³/mol. The number of hydrogen-bond donors (Lipinski definition) is 2. The van der Waals surface area contributed by atoms with Gasteiger partial charge in [0.15, 0.2) is 5.78 Å². The smallest absolute Gasteiger partial charge is 0.380 e. The number of ketones is 1. The van der Waals surface area contributed by atoms with Gasteiger partial charge in [-0.15, -0.1) is 0 Å².